The molecular weight excluding hydrogens is 244 g/mol. The lowest BCUT2D eigenvalue weighted by Crippen LogP contribution is -2.28. The van der Waals surface area contributed by atoms with E-state index in [1.807, 2.05) is 6.07 Å². The number of carbonyl (C=O) groups excluding carboxylic acids is 1. The lowest BCUT2D eigenvalue weighted by atomic mass is 10.1. The number of hydrogen-bond donors (Lipinski definition) is 0. The molecule has 0 atom stereocenters. The Kier molecular flexibility index (Phi) is 4.24. The minimum Gasteiger partial charge on any atom is -0.465 e. The van der Waals surface area contributed by atoms with Crippen molar-refractivity contribution in [3.63, 3.8) is 0 Å². The van der Waals surface area contributed by atoms with Gasteiger partial charge in [-0.1, -0.05) is 0 Å². The molecule has 1 saturated heterocycles. The summed E-state index contributed by atoms with van der Waals surface area (Å²) in [4.78, 5) is 13.5. The first-order chi connectivity index (χ1) is 9.24. The van der Waals surface area contributed by atoms with Gasteiger partial charge in [0.1, 0.15) is 17.4 Å². The number of furan rings is 1. The Hall–Kier alpha value is -2.22. The van der Waals surface area contributed by atoms with Crippen LogP contribution in [0, 0.1) is 11.3 Å². The summed E-state index contributed by atoms with van der Waals surface area (Å²) in [5, 5.41) is 8.87. The zero-order valence-electron chi connectivity index (χ0n) is 10.9. The van der Waals surface area contributed by atoms with Gasteiger partial charge in [0.25, 0.3) is 0 Å². The number of ether oxygens (including phenoxy) is 1. The summed E-state index contributed by atoms with van der Waals surface area (Å²) in [6.45, 7) is 1.97. The lowest BCUT2D eigenvalue weighted by molar-refractivity contribution is -0.135. The second kappa shape index (κ2) is 6.10. The molecule has 0 N–H and O–H groups in total. The number of piperidine rings is 1. The van der Waals surface area contributed by atoms with E-state index in [0.717, 1.165) is 31.8 Å². The first kappa shape index (κ1) is 13.2. The van der Waals surface area contributed by atoms with Crippen molar-refractivity contribution in [2.75, 3.05) is 25.1 Å². The van der Waals surface area contributed by atoms with Crippen molar-refractivity contribution in [3.8, 4) is 6.07 Å². The monoisotopic (exact) mass is 260 g/mol. The fourth-order valence-electron chi connectivity index (χ4n) is 2.09. The first-order valence-corrected chi connectivity index (χ1v) is 6.29. The summed E-state index contributed by atoms with van der Waals surface area (Å²) in [6, 6.07) is 5.42. The number of rotatable bonds is 3. The molecule has 1 aromatic rings. The van der Waals surface area contributed by atoms with Crippen LogP contribution in [0.5, 0.6) is 0 Å². The second-order valence-corrected chi connectivity index (χ2v) is 4.39. The van der Waals surface area contributed by atoms with Crippen LogP contribution in [0.2, 0.25) is 0 Å². The van der Waals surface area contributed by atoms with Crippen LogP contribution in [-0.2, 0) is 9.53 Å². The minimum absolute atomic E-state index is 0.0676. The summed E-state index contributed by atoms with van der Waals surface area (Å²) in [7, 11) is 1.24. The number of methoxy groups -OCH3 is 1. The Labute approximate surface area is 112 Å². The third kappa shape index (κ3) is 3.16. The van der Waals surface area contributed by atoms with Gasteiger partial charge in [0, 0.05) is 25.2 Å². The molecule has 0 aromatic carbocycles. The molecule has 19 heavy (non-hydrogen) atoms. The number of anilines is 1. The summed E-state index contributed by atoms with van der Waals surface area (Å²) < 4.78 is 10.2. The van der Waals surface area contributed by atoms with Gasteiger partial charge in [-0.15, -0.1) is 0 Å². The van der Waals surface area contributed by atoms with Gasteiger partial charge in [-0.05, 0) is 25.3 Å². The average molecular weight is 260 g/mol. The Bertz CT molecular complexity index is 519. The SMILES string of the molecule is COC(=O)/C(C#N)=C\c1ccc(N2CCCCC2)o1. The molecule has 2 heterocycles. The van der Waals surface area contributed by atoms with Gasteiger partial charge in [0.2, 0.25) is 0 Å². The van der Waals surface area contributed by atoms with E-state index in [-0.39, 0.29) is 5.57 Å². The van der Waals surface area contributed by atoms with Crippen molar-refractivity contribution < 1.29 is 13.9 Å². The molecule has 0 saturated carbocycles. The van der Waals surface area contributed by atoms with Crippen LogP contribution in [0.3, 0.4) is 0 Å². The topological polar surface area (TPSA) is 66.5 Å². The fourth-order valence-corrected chi connectivity index (χ4v) is 2.09. The second-order valence-electron chi connectivity index (χ2n) is 4.39. The van der Waals surface area contributed by atoms with Gasteiger partial charge < -0.3 is 14.1 Å². The zero-order valence-corrected chi connectivity index (χ0v) is 10.9. The van der Waals surface area contributed by atoms with Crippen LogP contribution < -0.4 is 4.90 Å². The standard InChI is InChI=1S/C14H16N2O3/c1-18-14(17)11(10-15)9-12-5-6-13(19-12)16-7-3-2-4-8-16/h5-6,9H,2-4,7-8H2,1H3/b11-9-. The molecular formula is C14H16N2O3. The molecule has 1 aliphatic heterocycles. The Morgan fingerprint density at radius 2 is 2.16 bits per heavy atom. The maximum atomic E-state index is 11.3. The molecule has 1 aliphatic rings. The third-order valence-corrected chi connectivity index (χ3v) is 3.09. The Morgan fingerprint density at radius 1 is 1.42 bits per heavy atom. The molecule has 1 aromatic heterocycles. The number of carbonyl (C=O) groups is 1. The van der Waals surface area contributed by atoms with Crippen LogP contribution in [0.15, 0.2) is 22.1 Å². The first-order valence-electron chi connectivity index (χ1n) is 6.29. The van der Waals surface area contributed by atoms with Crippen LogP contribution in [0.25, 0.3) is 6.08 Å². The highest BCUT2D eigenvalue weighted by molar-refractivity contribution is 5.97. The van der Waals surface area contributed by atoms with Gasteiger partial charge >= 0.3 is 5.97 Å². The summed E-state index contributed by atoms with van der Waals surface area (Å²) in [5.41, 5.74) is -0.0676. The van der Waals surface area contributed by atoms with Crippen molar-refractivity contribution in [1.82, 2.24) is 0 Å². The van der Waals surface area contributed by atoms with Gasteiger partial charge in [-0.25, -0.2) is 4.79 Å². The lowest BCUT2D eigenvalue weighted by Gasteiger charge is -2.25. The quantitative estimate of drug-likeness (QED) is 0.474. The van der Waals surface area contributed by atoms with E-state index in [0.29, 0.717) is 5.76 Å². The molecule has 0 aliphatic carbocycles. The van der Waals surface area contributed by atoms with E-state index in [9.17, 15) is 4.79 Å². The van der Waals surface area contributed by atoms with Crippen LogP contribution in [-0.4, -0.2) is 26.2 Å². The normalized spacial score (nSPS) is 16.0. The van der Waals surface area contributed by atoms with Gasteiger partial charge in [-0.3, -0.25) is 0 Å². The van der Waals surface area contributed by atoms with Gasteiger partial charge in [0.15, 0.2) is 5.88 Å². The van der Waals surface area contributed by atoms with Crippen LogP contribution >= 0.6 is 0 Å². The number of nitriles is 1. The van der Waals surface area contributed by atoms with Crippen molar-refractivity contribution >= 4 is 17.9 Å². The van der Waals surface area contributed by atoms with Crippen molar-refractivity contribution in [1.29, 1.82) is 5.26 Å². The van der Waals surface area contributed by atoms with E-state index in [2.05, 4.69) is 9.64 Å². The maximum absolute atomic E-state index is 11.3. The molecule has 2 rings (SSSR count). The number of esters is 1. The average Bonchev–Trinajstić information content (AvgIpc) is 2.93. The van der Waals surface area contributed by atoms with E-state index in [4.69, 9.17) is 9.68 Å². The molecule has 0 spiro atoms. The van der Waals surface area contributed by atoms with E-state index >= 15 is 0 Å². The largest absolute Gasteiger partial charge is 0.465 e. The van der Waals surface area contributed by atoms with Gasteiger partial charge in [0.05, 0.1) is 7.11 Å². The van der Waals surface area contributed by atoms with Crippen molar-refractivity contribution in [2.24, 2.45) is 0 Å². The highest BCUT2D eigenvalue weighted by Gasteiger charge is 2.15. The summed E-state index contributed by atoms with van der Waals surface area (Å²) in [6.07, 6.45) is 4.99. The molecule has 5 heteroatoms. The molecule has 100 valence electrons. The molecule has 0 bridgehead atoms. The zero-order chi connectivity index (χ0) is 13.7. The Morgan fingerprint density at radius 3 is 2.79 bits per heavy atom. The highest BCUT2D eigenvalue weighted by atomic mass is 16.5. The fraction of sp³-hybridized carbons (Fsp3) is 0.429. The number of hydrogen-bond acceptors (Lipinski definition) is 5. The predicted octanol–water partition coefficient (Wildman–Crippen LogP) is 2.35. The van der Waals surface area contributed by atoms with Crippen molar-refractivity contribution in [3.05, 3.63) is 23.5 Å². The third-order valence-electron chi connectivity index (χ3n) is 3.09. The van der Waals surface area contributed by atoms with E-state index < -0.39 is 5.97 Å². The maximum Gasteiger partial charge on any atom is 0.348 e. The molecule has 0 amide bonds. The molecule has 0 radical (unpaired) electrons. The van der Waals surface area contributed by atoms with Crippen molar-refractivity contribution in [2.45, 2.75) is 19.3 Å². The minimum atomic E-state index is -0.654. The van der Waals surface area contributed by atoms with Gasteiger partial charge in [-0.2, -0.15) is 5.26 Å². The van der Waals surface area contributed by atoms with E-state index in [1.165, 1.54) is 19.6 Å². The molecule has 0 unspecified atom stereocenters. The van der Waals surface area contributed by atoms with Crippen LogP contribution in [0.1, 0.15) is 25.0 Å². The highest BCUT2D eigenvalue weighted by Crippen LogP contribution is 2.23. The molecule has 1 fully saturated rings. The van der Waals surface area contributed by atoms with E-state index in [1.54, 1.807) is 12.1 Å². The van der Waals surface area contributed by atoms with Crippen LogP contribution in [0.4, 0.5) is 5.88 Å². The summed E-state index contributed by atoms with van der Waals surface area (Å²) in [5.74, 6) is 0.619. The number of nitrogens with zero attached hydrogens (tertiary/aromatic N) is 2. The smallest absolute Gasteiger partial charge is 0.348 e. The molecule has 5 nitrogen and oxygen atoms in total. The summed E-state index contributed by atoms with van der Waals surface area (Å²) >= 11 is 0. The predicted molar refractivity (Wildman–Crippen MR) is 70.4 cm³/mol. The Balaban J connectivity index is 2.14.